The van der Waals surface area contributed by atoms with E-state index in [9.17, 15) is 0 Å². The van der Waals surface area contributed by atoms with E-state index in [0.29, 0.717) is 12.5 Å². The topological polar surface area (TPSA) is 47.3 Å². The van der Waals surface area contributed by atoms with Crippen molar-refractivity contribution in [1.29, 1.82) is 0 Å². The molecule has 1 aromatic carbocycles. The lowest BCUT2D eigenvalue weighted by Gasteiger charge is -2.20. The van der Waals surface area contributed by atoms with Crippen molar-refractivity contribution in [2.24, 2.45) is 11.7 Å². The summed E-state index contributed by atoms with van der Waals surface area (Å²) in [4.78, 5) is 0. The number of hydrogen-bond acceptors (Lipinski definition) is 3. The maximum atomic E-state index is 5.85. The van der Waals surface area contributed by atoms with Gasteiger partial charge in [0.15, 0.2) is 0 Å². The van der Waals surface area contributed by atoms with E-state index >= 15 is 0 Å². The highest BCUT2D eigenvalue weighted by Gasteiger charge is 2.10. The molecule has 0 heterocycles. The number of nitrogens with one attached hydrogen (secondary N) is 1. The molecule has 0 saturated carbocycles. The molecule has 0 aliphatic heterocycles. The quantitative estimate of drug-likeness (QED) is 0.758. The van der Waals surface area contributed by atoms with Crippen LogP contribution in [-0.2, 0) is 11.2 Å². The van der Waals surface area contributed by atoms with Gasteiger partial charge in [-0.25, -0.2) is 0 Å². The monoisotopic (exact) mass is 264 g/mol. The van der Waals surface area contributed by atoms with Gasteiger partial charge in [-0.15, -0.1) is 0 Å². The summed E-state index contributed by atoms with van der Waals surface area (Å²) in [5.41, 5.74) is 8.49. The standard InChI is InChI=1S/C16H28N2O/c1-12(2)9-14-5-7-15(8-6-14)16(10-17)18-11-13(3)19-4/h5-8,12-13,16,18H,9-11,17H2,1-4H3. The molecule has 2 atom stereocenters. The van der Waals surface area contributed by atoms with Gasteiger partial charge in [0.2, 0.25) is 0 Å². The molecule has 0 saturated heterocycles. The second-order valence-corrected chi connectivity index (χ2v) is 5.58. The zero-order valence-corrected chi connectivity index (χ0v) is 12.6. The molecular weight excluding hydrogens is 236 g/mol. The maximum absolute atomic E-state index is 5.85. The summed E-state index contributed by atoms with van der Waals surface area (Å²) >= 11 is 0. The molecule has 0 aliphatic rings. The van der Waals surface area contributed by atoms with Crippen molar-refractivity contribution < 1.29 is 4.74 Å². The Kier molecular flexibility index (Phi) is 7.06. The lowest BCUT2D eigenvalue weighted by atomic mass is 9.99. The van der Waals surface area contributed by atoms with E-state index in [1.54, 1.807) is 7.11 Å². The molecule has 0 aromatic heterocycles. The van der Waals surface area contributed by atoms with Crippen molar-refractivity contribution in [3.8, 4) is 0 Å². The van der Waals surface area contributed by atoms with Gasteiger partial charge < -0.3 is 15.8 Å². The molecule has 19 heavy (non-hydrogen) atoms. The van der Waals surface area contributed by atoms with Crippen LogP contribution in [0.1, 0.15) is 37.9 Å². The van der Waals surface area contributed by atoms with Crippen LogP contribution in [0.4, 0.5) is 0 Å². The summed E-state index contributed by atoms with van der Waals surface area (Å²) in [6.45, 7) is 7.94. The van der Waals surface area contributed by atoms with E-state index in [1.807, 2.05) is 6.92 Å². The molecule has 0 spiro atoms. The molecular formula is C16H28N2O. The number of nitrogens with two attached hydrogens (primary N) is 1. The molecule has 0 amide bonds. The Balaban J connectivity index is 2.60. The van der Waals surface area contributed by atoms with Crippen LogP contribution in [-0.4, -0.2) is 26.3 Å². The summed E-state index contributed by atoms with van der Waals surface area (Å²) in [7, 11) is 1.73. The first-order valence-electron chi connectivity index (χ1n) is 7.11. The Bertz CT molecular complexity index is 348. The van der Waals surface area contributed by atoms with Crippen LogP contribution >= 0.6 is 0 Å². The molecule has 2 unspecified atom stereocenters. The Morgan fingerprint density at radius 3 is 2.26 bits per heavy atom. The minimum atomic E-state index is 0.200. The molecule has 0 fully saturated rings. The average Bonchev–Trinajstić information content (AvgIpc) is 2.40. The van der Waals surface area contributed by atoms with Crippen LogP contribution in [0, 0.1) is 5.92 Å². The number of hydrogen-bond donors (Lipinski definition) is 2. The van der Waals surface area contributed by atoms with Gasteiger partial charge in [-0.3, -0.25) is 0 Å². The van der Waals surface area contributed by atoms with Gasteiger partial charge in [0.1, 0.15) is 0 Å². The second-order valence-electron chi connectivity index (χ2n) is 5.58. The molecule has 3 N–H and O–H groups in total. The zero-order chi connectivity index (χ0) is 14.3. The number of methoxy groups -OCH3 is 1. The molecule has 3 nitrogen and oxygen atoms in total. The summed E-state index contributed by atoms with van der Waals surface area (Å²) in [5.74, 6) is 0.692. The lowest BCUT2D eigenvalue weighted by Crippen LogP contribution is -2.33. The SMILES string of the molecule is COC(C)CNC(CN)c1ccc(CC(C)C)cc1. The Labute approximate surface area is 117 Å². The average molecular weight is 264 g/mol. The summed E-state index contributed by atoms with van der Waals surface area (Å²) in [6.07, 6.45) is 1.33. The third-order valence-electron chi connectivity index (χ3n) is 3.32. The fourth-order valence-electron chi connectivity index (χ4n) is 2.09. The smallest absolute Gasteiger partial charge is 0.0667 e. The predicted octanol–water partition coefficient (Wildman–Crippen LogP) is 2.51. The highest BCUT2D eigenvalue weighted by atomic mass is 16.5. The van der Waals surface area contributed by atoms with Gasteiger partial charge >= 0.3 is 0 Å². The minimum absolute atomic E-state index is 0.200. The summed E-state index contributed by atoms with van der Waals surface area (Å²) < 4.78 is 5.24. The highest BCUT2D eigenvalue weighted by Crippen LogP contribution is 2.15. The van der Waals surface area contributed by atoms with Crippen molar-refractivity contribution in [1.82, 2.24) is 5.32 Å². The third-order valence-corrected chi connectivity index (χ3v) is 3.32. The molecule has 1 rings (SSSR count). The number of ether oxygens (including phenoxy) is 1. The highest BCUT2D eigenvalue weighted by molar-refractivity contribution is 5.25. The first kappa shape index (κ1) is 16.2. The fraction of sp³-hybridized carbons (Fsp3) is 0.625. The minimum Gasteiger partial charge on any atom is -0.380 e. The first-order valence-corrected chi connectivity index (χ1v) is 7.11. The van der Waals surface area contributed by atoms with Crippen LogP contribution in [0.2, 0.25) is 0 Å². The van der Waals surface area contributed by atoms with E-state index < -0.39 is 0 Å². The predicted molar refractivity (Wildman–Crippen MR) is 81.3 cm³/mol. The molecule has 0 radical (unpaired) electrons. The normalized spacial score (nSPS) is 14.6. The van der Waals surface area contributed by atoms with Crippen molar-refractivity contribution in [3.63, 3.8) is 0 Å². The van der Waals surface area contributed by atoms with Gasteiger partial charge in [0.25, 0.3) is 0 Å². The van der Waals surface area contributed by atoms with Crippen LogP contribution in [0.5, 0.6) is 0 Å². The van der Waals surface area contributed by atoms with Crippen LogP contribution < -0.4 is 11.1 Å². The van der Waals surface area contributed by atoms with E-state index in [4.69, 9.17) is 10.5 Å². The molecule has 1 aromatic rings. The van der Waals surface area contributed by atoms with Crippen molar-refractivity contribution in [3.05, 3.63) is 35.4 Å². The van der Waals surface area contributed by atoms with Gasteiger partial charge in [0.05, 0.1) is 6.10 Å². The zero-order valence-electron chi connectivity index (χ0n) is 12.6. The third kappa shape index (κ3) is 5.72. The van der Waals surface area contributed by atoms with Gasteiger partial charge in [-0.2, -0.15) is 0 Å². The largest absolute Gasteiger partial charge is 0.380 e. The Morgan fingerprint density at radius 1 is 1.16 bits per heavy atom. The van der Waals surface area contributed by atoms with Crippen molar-refractivity contribution in [2.75, 3.05) is 20.2 Å². The van der Waals surface area contributed by atoms with E-state index in [0.717, 1.165) is 13.0 Å². The number of rotatable bonds is 8. The Morgan fingerprint density at radius 2 is 1.79 bits per heavy atom. The number of benzene rings is 1. The lowest BCUT2D eigenvalue weighted by molar-refractivity contribution is 0.114. The van der Waals surface area contributed by atoms with E-state index in [2.05, 4.69) is 43.4 Å². The van der Waals surface area contributed by atoms with Crippen molar-refractivity contribution in [2.45, 2.75) is 39.3 Å². The van der Waals surface area contributed by atoms with Gasteiger partial charge in [-0.1, -0.05) is 38.1 Å². The molecule has 3 heteroatoms. The van der Waals surface area contributed by atoms with Crippen LogP contribution in [0.3, 0.4) is 0 Å². The van der Waals surface area contributed by atoms with Gasteiger partial charge in [0, 0.05) is 26.2 Å². The van der Waals surface area contributed by atoms with Crippen LogP contribution in [0.25, 0.3) is 0 Å². The van der Waals surface area contributed by atoms with E-state index in [-0.39, 0.29) is 12.1 Å². The second kappa shape index (κ2) is 8.31. The fourth-order valence-corrected chi connectivity index (χ4v) is 2.09. The molecule has 108 valence electrons. The summed E-state index contributed by atoms with van der Waals surface area (Å²) in [6, 6.07) is 8.98. The first-order chi connectivity index (χ1) is 9.06. The van der Waals surface area contributed by atoms with Crippen LogP contribution in [0.15, 0.2) is 24.3 Å². The molecule has 0 aliphatic carbocycles. The van der Waals surface area contributed by atoms with Gasteiger partial charge in [-0.05, 0) is 30.4 Å². The Hall–Kier alpha value is -0.900. The van der Waals surface area contributed by atoms with Crippen molar-refractivity contribution >= 4 is 0 Å². The maximum Gasteiger partial charge on any atom is 0.0667 e. The summed E-state index contributed by atoms with van der Waals surface area (Å²) in [5, 5.41) is 3.45. The van der Waals surface area contributed by atoms with E-state index in [1.165, 1.54) is 11.1 Å². The molecule has 0 bridgehead atoms.